The Morgan fingerprint density at radius 1 is 1.47 bits per heavy atom. The molecule has 17 heavy (non-hydrogen) atoms. The number of methoxy groups -OCH3 is 1. The highest BCUT2D eigenvalue weighted by molar-refractivity contribution is 6.07. The van der Waals surface area contributed by atoms with E-state index in [0.29, 0.717) is 32.5 Å². The van der Waals surface area contributed by atoms with Crippen LogP contribution in [-0.2, 0) is 19.1 Å². The van der Waals surface area contributed by atoms with Crippen LogP contribution in [0.2, 0.25) is 0 Å². The molecule has 6 nitrogen and oxygen atoms in total. The summed E-state index contributed by atoms with van der Waals surface area (Å²) in [6.45, 7) is 1.05. The second kappa shape index (κ2) is 4.62. The zero-order valence-electron chi connectivity index (χ0n) is 9.90. The first kappa shape index (κ1) is 12.3. The van der Waals surface area contributed by atoms with Crippen molar-refractivity contribution in [1.29, 1.82) is 0 Å². The van der Waals surface area contributed by atoms with E-state index in [9.17, 15) is 9.59 Å². The third kappa shape index (κ3) is 2.28. The van der Waals surface area contributed by atoms with Crippen LogP contribution in [0.4, 0.5) is 0 Å². The first-order valence-electron chi connectivity index (χ1n) is 5.81. The molecule has 0 aromatic heterocycles. The lowest BCUT2D eigenvalue weighted by Gasteiger charge is -2.31. The Morgan fingerprint density at radius 3 is 2.71 bits per heavy atom. The van der Waals surface area contributed by atoms with Gasteiger partial charge in [0.2, 0.25) is 11.8 Å². The molecule has 3 N–H and O–H groups in total. The van der Waals surface area contributed by atoms with Gasteiger partial charge in [-0.15, -0.1) is 0 Å². The number of ether oxygens (including phenoxy) is 2. The van der Waals surface area contributed by atoms with Gasteiger partial charge in [0.1, 0.15) is 11.5 Å². The van der Waals surface area contributed by atoms with E-state index in [1.807, 2.05) is 0 Å². The summed E-state index contributed by atoms with van der Waals surface area (Å²) in [4.78, 5) is 23.2. The molecule has 0 unspecified atom stereocenters. The fourth-order valence-corrected chi connectivity index (χ4v) is 2.13. The van der Waals surface area contributed by atoms with Crippen molar-refractivity contribution in [3.63, 3.8) is 0 Å². The van der Waals surface area contributed by atoms with Crippen LogP contribution in [0.1, 0.15) is 19.3 Å². The van der Waals surface area contributed by atoms with E-state index >= 15 is 0 Å². The molecular weight excluding hydrogens is 224 g/mol. The Balaban J connectivity index is 1.96. The van der Waals surface area contributed by atoms with Crippen molar-refractivity contribution < 1.29 is 19.1 Å². The minimum absolute atomic E-state index is 0.0990. The van der Waals surface area contributed by atoms with Crippen LogP contribution in [0.15, 0.2) is 0 Å². The standard InChI is InChI=1S/C11H18N2O4/c1-16-8-6-17-5-2-7(8)13-10(15)11(3-4-11)9(12)14/h7-8H,2-6H2,1H3,(H2,12,14)(H,13,15)/t7-,8-/m1/s1. The Labute approximate surface area is 99.8 Å². The molecule has 0 aromatic carbocycles. The molecule has 96 valence electrons. The Morgan fingerprint density at radius 2 is 2.18 bits per heavy atom. The summed E-state index contributed by atoms with van der Waals surface area (Å²) in [5, 5.41) is 2.86. The van der Waals surface area contributed by atoms with Crippen molar-refractivity contribution in [3.8, 4) is 0 Å². The van der Waals surface area contributed by atoms with E-state index in [0.717, 1.165) is 0 Å². The van der Waals surface area contributed by atoms with Crippen LogP contribution in [0, 0.1) is 5.41 Å². The van der Waals surface area contributed by atoms with E-state index in [1.54, 1.807) is 7.11 Å². The summed E-state index contributed by atoms with van der Waals surface area (Å²) in [5.41, 5.74) is 4.29. The van der Waals surface area contributed by atoms with Gasteiger partial charge in [-0.2, -0.15) is 0 Å². The van der Waals surface area contributed by atoms with Crippen LogP contribution < -0.4 is 11.1 Å². The zero-order valence-corrected chi connectivity index (χ0v) is 9.90. The molecule has 2 aliphatic rings. The molecule has 1 saturated carbocycles. The fourth-order valence-electron chi connectivity index (χ4n) is 2.13. The van der Waals surface area contributed by atoms with Gasteiger partial charge >= 0.3 is 0 Å². The van der Waals surface area contributed by atoms with Gasteiger partial charge in [0, 0.05) is 13.7 Å². The number of carbonyl (C=O) groups is 2. The molecular formula is C11H18N2O4. The maximum atomic E-state index is 12.0. The Bertz CT molecular complexity index is 327. The molecule has 1 saturated heterocycles. The van der Waals surface area contributed by atoms with Crippen LogP contribution in [0.3, 0.4) is 0 Å². The highest BCUT2D eigenvalue weighted by Gasteiger charge is 2.56. The van der Waals surface area contributed by atoms with Gasteiger partial charge in [-0.05, 0) is 19.3 Å². The van der Waals surface area contributed by atoms with Crippen molar-refractivity contribution >= 4 is 11.8 Å². The van der Waals surface area contributed by atoms with Crippen LogP contribution in [-0.4, -0.2) is 44.3 Å². The van der Waals surface area contributed by atoms with E-state index in [1.165, 1.54) is 0 Å². The molecule has 6 heteroatoms. The third-order valence-electron chi connectivity index (χ3n) is 3.58. The highest BCUT2D eigenvalue weighted by atomic mass is 16.5. The number of nitrogens with two attached hydrogens (primary N) is 1. The van der Waals surface area contributed by atoms with E-state index in [2.05, 4.69) is 5.32 Å². The summed E-state index contributed by atoms with van der Waals surface area (Å²) in [6, 6.07) is -0.0990. The molecule has 2 atom stereocenters. The van der Waals surface area contributed by atoms with Gasteiger partial charge < -0.3 is 20.5 Å². The van der Waals surface area contributed by atoms with Crippen molar-refractivity contribution in [2.24, 2.45) is 11.1 Å². The quantitative estimate of drug-likeness (QED) is 0.630. The smallest absolute Gasteiger partial charge is 0.235 e. The minimum Gasteiger partial charge on any atom is -0.379 e. The number of rotatable bonds is 4. The molecule has 0 spiro atoms. The second-order valence-electron chi connectivity index (χ2n) is 4.66. The van der Waals surface area contributed by atoms with E-state index in [-0.39, 0.29) is 18.1 Å². The zero-order chi connectivity index (χ0) is 12.5. The summed E-state index contributed by atoms with van der Waals surface area (Å²) in [5.74, 6) is -0.796. The first-order chi connectivity index (χ1) is 8.10. The SMILES string of the molecule is CO[C@@H]1COCC[C@H]1NC(=O)C1(C(N)=O)CC1. The van der Waals surface area contributed by atoms with Crippen molar-refractivity contribution in [2.45, 2.75) is 31.4 Å². The molecule has 1 aliphatic heterocycles. The van der Waals surface area contributed by atoms with Crippen LogP contribution in [0.5, 0.6) is 0 Å². The lowest BCUT2D eigenvalue weighted by atomic mass is 10.0. The topological polar surface area (TPSA) is 90.7 Å². The average Bonchev–Trinajstić information content (AvgIpc) is 3.10. The number of hydrogen-bond acceptors (Lipinski definition) is 4. The molecule has 2 amide bonds. The van der Waals surface area contributed by atoms with Gasteiger partial charge in [-0.3, -0.25) is 9.59 Å². The lowest BCUT2D eigenvalue weighted by Crippen LogP contribution is -2.53. The number of amides is 2. The second-order valence-corrected chi connectivity index (χ2v) is 4.66. The fraction of sp³-hybridized carbons (Fsp3) is 0.818. The van der Waals surface area contributed by atoms with Crippen LogP contribution in [0.25, 0.3) is 0 Å². The molecule has 0 radical (unpaired) electrons. The predicted molar refractivity (Wildman–Crippen MR) is 59.0 cm³/mol. The number of nitrogens with one attached hydrogen (secondary N) is 1. The van der Waals surface area contributed by atoms with Crippen molar-refractivity contribution in [3.05, 3.63) is 0 Å². The Hall–Kier alpha value is -1.14. The third-order valence-corrected chi connectivity index (χ3v) is 3.58. The normalized spacial score (nSPS) is 30.6. The van der Waals surface area contributed by atoms with Crippen molar-refractivity contribution in [1.82, 2.24) is 5.32 Å². The predicted octanol–water partition coefficient (Wildman–Crippen LogP) is -0.828. The summed E-state index contributed by atoms with van der Waals surface area (Å²) >= 11 is 0. The van der Waals surface area contributed by atoms with E-state index < -0.39 is 11.3 Å². The first-order valence-corrected chi connectivity index (χ1v) is 5.81. The van der Waals surface area contributed by atoms with Gasteiger partial charge in [0.05, 0.1) is 12.6 Å². The number of hydrogen-bond donors (Lipinski definition) is 2. The maximum Gasteiger partial charge on any atom is 0.235 e. The molecule has 1 aliphatic carbocycles. The van der Waals surface area contributed by atoms with E-state index in [4.69, 9.17) is 15.2 Å². The monoisotopic (exact) mass is 242 g/mol. The summed E-state index contributed by atoms with van der Waals surface area (Å²) in [6.07, 6.45) is 1.64. The minimum atomic E-state index is -0.962. The lowest BCUT2D eigenvalue weighted by molar-refractivity contribution is -0.137. The van der Waals surface area contributed by atoms with Crippen molar-refractivity contribution in [2.75, 3.05) is 20.3 Å². The molecule has 2 rings (SSSR count). The molecule has 1 heterocycles. The molecule has 0 aromatic rings. The maximum absolute atomic E-state index is 12.0. The van der Waals surface area contributed by atoms with Gasteiger partial charge in [0.25, 0.3) is 0 Å². The van der Waals surface area contributed by atoms with Gasteiger partial charge in [-0.1, -0.05) is 0 Å². The number of primary amides is 1. The van der Waals surface area contributed by atoms with Gasteiger partial charge in [0.15, 0.2) is 0 Å². The number of carbonyl (C=O) groups excluding carboxylic acids is 2. The largest absolute Gasteiger partial charge is 0.379 e. The summed E-state index contributed by atoms with van der Waals surface area (Å²) in [7, 11) is 1.58. The summed E-state index contributed by atoms with van der Waals surface area (Å²) < 4.78 is 10.5. The average molecular weight is 242 g/mol. The molecule has 0 bridgehead atoms. The molecule has 2 fully saturated rings. The van der Waals surface area contributed by atoms with Gasteiger partial charge in [-0.25, -0.2) is 0 Å². The Kier molecular flexibility index (Phi) is 3.35. The highest BCUT2D eigenvalue weighted by Crippen LogP contribution is 2.45. The van der Waals surface area contributed by atoms with Crippen LogP contribution >= 0.6 is 0 Å².